The molecule has 2 aromatic rings. The SMILES string of the molecule is COc1cc(CCC(=O)O[C@H](C)C(=O)c2cc(C)c(C)cc2C)cc(OC)c1OC. The highest BCUT2D eigenvalue weighted by molar-refractivity contribution is 6.01. The van der Waals surface area contributed by atoms with Gasteiger partial charge in [0.05, 0.1) is 21.3 Å². The molecule has 1 atom stereocenters. The summed E-state index contributed by atoms with van der Waals surface area (Å²) in [6.45, 7) is 7.45. The lowest BCUT2D eigenvalue weighted by Gasteiger charge is -2.16. The number of hydrogen-bond donors (Lipinski definition) is 0. The van der Waals surface area contributed by atoms with Gasteiger partial charge in [0.15, 0.2) is 17.6 Å². The number of ketones is 1. The van der Waals surface area contributed by atoms with E-state index in [-0.39, 0.29) is 12.2 Å². The molecule has 0 aromatic heterocycles. The zero-order valence-corrected chi connectivity index (χ0v) is 18.8. The Balaban J connectivity index is 2.04. The minimum Gasteiger partial charge on any atom is -0.493 e. The standard InChI is InChI=1S/C24H30O6/c1-14-10-16(3)19(11-15(14)2)23(26)17(4)30-22(25)9-8-18-12-20(27-5)24(29-7)21(13-18)28-6/h10-13,17H,8-9H2,1-7H3/t17-/m1/s1. The molecule has 2 aromatic carbocycles. The Labute approximate surface area is 178 Å². The molecule has 0 aliphatic heterocycles. The molecule has 0 aliphatic carbocycles. The van der Waals surface area contributed by atoms with Crippen LogP contribution in [-0.4, -0.2) is 39.2 Å². The molecule has 0 saturated heterocycles. The van der Waals surface area contributed by atoms with Crippen LogP contribution < -0.4 is 14.2 Å². The first-order valence-electron chi connectivity index (χ1n) is 9.82. The van der Waals surface area contributed by atoms with E-state index in [1.165, 1.54) is 21.3 Å². The number of aryl methyl sites for hydroxylation is 4. The molecule has 0 spiro atoms. The fourth-order valence-electron chi connectivity index (χ4n) is 3.28. The molecule has 0 unspecified atom stereocenters. The smallest absolute Gasteiger partial charge is 0.306 e. The first-order chi connectivity index (χ1) is 14.2. The van der Waals surface area contributed by atoms with Crippen molar-refractivity contribution in [3.8, 4) is 17.2 Å². The molecule has 0 heterocycles. The van der Waals surface area contributed by atoms with E-state index in [9.17, 15) is 9.59 Å². The molecular formula is C24H30O6. The van der Waals surface area contributed by atoms with E-state index in [0.717, 1.165) is 22.3 Å². The van der Waals surface area contributed by atoms with Crippen molar-refractivity contribution in [2.75, 3.05) is 21.3 Å². The Hall–Kier alpha value is -3.02. The van der Waals surface area contributed by atoms with Gasteiger partial charge in [0.2, 0.25) is 11.5 Å². The van der Waals surface area contributed by atoms with E-state index in [0.29, 0.717) is 29.2 Å². The summed E-state index contributed by atoms with van der Waals surface area (Å²) in [5.41, 5.74) is 4.46. The summed E-state index contributed by atoms with van der Waals surface area (Å²) in [5, 5.41) is 0. The number of benzene rings is 2. The summed E-state index contributed by atoms with van der Waals surface area (Å²) in [5.74, 6) is 0.903. The van der Waals surface area contributed by atoms with Gasteiger partial charge < -0.3 is 18.9 Å². The van der Waals surface area contributed by atoms with E-state index in [4.69, 9.17) is 18.9 Å². The third kappa shape index (κ3) is 5.32. The van der Waals surface area contributed by atoms with Gasteiger partial charge in [0, 0.05) is 12.0 Å². The van der Waals surface area contributed by atoms with Gasteiger partial charge in [-0.25, -0.2) is 0 Å². The predicted molar refractivity (Wildman–Crippen MR) is 115 cm³/mol. The molecule has 0 bridgehead atoms. The Morgan fingerprint density at radius 2 is 1.40 bits per heavy atom. The molecule has 0 N–H and O–H groups in total. The molecule has 6 nitrogen and oxygen atoms in total. The Bertz CT molecular complexity index is 907. The number of hydrogen-bond acceptors (Lipinski definition) is 6. The van der Waals surface area contributed by atoms with Crippen LogP contribution in [0, 0.1) is 20.8 Å². The number of carbonyl (C=O) groups is 2. The number of methoxy groups -OCH3 is 3. The third-order valence-electron chi connectivity index (χ3n) is 5.13. The molecule has 2 rings (SSSR count). The van der Waals surface area contributed by atoms with Crippen LogP contribution in [0.1, 0.15) is 46.0 Å². The summed E-state index contributed by atoms with van der Waals surface area (Å²) in [6.07, 6.45) is -0.306. The number of ether oxygens (including phenoxy) is 4. The van der Waals surface area contributed by atoms with Crippen LogP contribution in [0.4, 0.5) is 0 Å². The first kappa shape index (κ1) is 23.3. The van der Waals surface area contributed by atoms with Gasteiger partial charge >= 0.3 is 5.97 Å². The van der Waals surface area contributed by atoms with Gasteiger partial charge in [0.25, 0.3) is 0 Å². The average molecular weight is 414 g/mol. The van der Waals surface area contributed by atoms with Crippen LogP contribution in [0.25, 0.3) is 0 Å². The highest BCUT2D eigenvalue weighted by Crippen LogP contribution is 2.38. The third-order valence-corrected chi connectivity index (χ3v) is 5.13. The maximum atomic E-state index is 12.8. The van der Waals surface area contributed by atoms with Crippen LogP contribution in [0.15, 0.2) is 24.3 Å². The second-order valence-corrected chi connectivity index (χ2v) is 7.28. The Morgan fingerprint density at radius 3 is 1.93 bits per heavy atom. The van der Waals surface area contributed by atoms with E-state index in [1.54, 1.807) is 19.1 Å². The van der Waals surface area contributed by atoms with E-state index < -0.39 is 12.1 Å². The zero-order chi connectivity index (χ0) is 22.4. The van der Waals surface area contributed by atoms with Crippen LogP contribution in [0.5, 0.6) is 17.2 Å². The van der Waals surface area contributed by atoms with Crippen molar-refractivity contribution in [1.29, 1.82) is 0 Å². The molecule has 30 heavy (non-hydrogen) atoms. The molecule has 0 aliphatic rings. The van der Waals surface area contributed by atoms with E-state index >= 15 is 0 Å². The number of esters is 1. The molecule has 162 valence electrons. The van der Waals surface area contributed by atoms with Crippen molar-refractivity contribution in [2.45, 2.75) is 46.6 Å². The van der Waals surface area contributed by atoms with Crippen LogP contribution >= 0.6 is 0 Å². The molecule has 6 heteroatoms. The quantitative estimate of drug-likeness (QED) is 0.448. The van der Waals surface area contributed by atoms with Crippen LogP contribution in [-0.2, 0) is 16.0 Å². The topological polar surface area (TPSA) is 71.1 Å². The molecule has 0 fully saturated rings. The summed E-state index contributed by atoms with van der Waals surface area (Å²) < 4.78 is 21.4. The van der Waals surface area contributed by atoms with Crippen molar-refractivity contribution >= 4 is 11.8 Å². The monoisotopic (exact) mass is 414 g/mol. The number of Topliss-reactive ketones (excluding diaryl/α,β-unsaturated/α-hetero) is 1. The normalized spacial score (nSPS) is 11.6. The molecule has 0 saturated carbocycles. The summed E-state index contributed by atoms with van der Waals surface area (Å²) in [6, 6.07) is 7.41. The maximum absolute atomic E-state index is 12.8. The van der Waals surface area contributed by atoms with Crippen LogP contribution in [0.3, 0.4) is 0 Å². The fourth-order valence-corrected chi connectivity index (χ4v) is 3.28. The second kappa shape index (κ2) is 10.1. The van der Waals surface area contributed by atoms with Crippen molar-refractivity contribution in [1.82, 2.24) is 0 Å². The first-order valence-corrected chi connectivity index (χ1v) is 9.82. The van der Waals surface area contributed by atoms with Crippen molar-refractivity contribution in [3.05, 3.63) is 52.1 Å². The highest BCUT2D eigenvalue weighted by Gasteiger charge is 2.22. The minimum atomic E-state index is -0.849. The maximum Gasteiger partial charge on any atom is 0.306 e. The Kier molecular flexibility index (Phi) is 7.86. The lowest BCUT2D eigenvalue weighted by atomic mass is 9.96. The van der Waals surface area contributed by atoms with Crippen molar-refractivity contribution in [2.24, 2.45) is 0 Å². The van der Waals surface area contributed by atoms with Gasteiger partial charge in [-0.15, -0.1) is 0 Å². The molecule has 0 radical (unpaired) electrons. The largest absolute Gasteiger partial charge is 0.493 e. The van der Waals surface area contributed by atoms with E-state index in [1.807, 2.05) is 32.9 Å². The predicted octanol–water partition coefficient (Wildman–Crippen LogP) is 4.38. The van der Waals surface area contributed by atoms with Crippen LogP contribution in [0.2, 0.25) is 0 Å². The Morgan fingerprint density at radius 1 is 0.833 bits per heavy atom. The summed E-state index contributed by atoms with van der Waals surface area (Å²) in [4.78, 5) is 25.1. The number of rotatable bonds is 9. The molecular weight excluding hydrogens is 384 g/mol. The van der Waals surface area contributed by atoms with Gasteiger partial charge in [-0.1, -0.05) is 6.07 Å². The average Bonchev–Trinajstić information content (AvgIpc) is 2.73. The fraction of sp³-hybridized carbons (Fsp3) is 0.417. The van der Waals surface area contributed by atoms with Crippen molar-refractivity contribution < 1.29 is 28.5 Å². The summed E-state index contributed by atoms with van der Waals surface area (Å²) >= 11 is 0. The highest BCUT2D eigenvalue weighted by atomic mass is 16.5. The summed E-state index contributed by atoms with van der Waals surface area (Å²) in [7, 11) is 4.61. The van der Waals surface area contributed by atoms with Gasteiger partial charge in [0.1, 0.15) is 0 Å². The number of carbonyl (C=O) groups excluding carboxylic acids is 2. The lowest BCUT2D eigenvalue weighted by Crippen LogP contribution is -2.25. The molecule has 0 amide bonds. The van der Waals surface area contributed by atoms with E-state index in [2.05, 4.69) is 0 Å². The minimum absolute atomic E-state index is 0.127. The van der Waals surface area contributed by atoms with Crippen molar-refractivity contribution in [3.63, 3.8) is 0 Å². The lowest BCUT2D eigenvalue weighted by molar-refractivity contribution is -0.146. The second-order valence-electron chi connectivity index (χ2n) is 7.28. The van der Waals surface area contributed by atoms with Gasteiger partial charge in [-0.3, -0.25) is 9.59 Å². The van der Waals surface area contributed by atoms with Gasteiger partial charge in [-0.2, -0.15) is 0 Å². The zero-order valence-electron chi connectivity index (χ0n) is 18.8. The van der Waals surface area contributed by atoms with Gasteiger partial charge in [-0.05, 0) is 74.6 Å².